The lowest BCUT2D eigenvalue weighted by molar-refractivity contribution is 0.225. The normalized spacial score (nSPS) is 15.5. The molecule has 1 aliphatic heterocycles. The number of rotatable bonds is 1. The molecule has 0 saturated heterocycles. The van der Waals surface area contributed by atoms with Gasteiger partial charge in [-0.1, -0.05) is 24.3 Å². The molecule has 68 valence electrons. The molecule has 0 spiro atoms. The van der Waals surface area contributed by atoms with Crippen molar-refractivity contribution in [3.8, 4) is 0 Å². The Morgan fingerprint density at radius 1 is 1.23 bits per heavy atom. The van der Waals surface area contributed by atoms with Gasteiger partial charge in [0.05, 0.1) is 0 Å². The van der Waals surface area contributed by atoms with Crippen LogP contribution in [-0.2, 0) is 6.42 Å². The Labute approximate surface area is 75.1 Å². The Kier molecular flexibility index (Phi) is 2.08. The number of halogens is 2. The van der Waals surface area contributed by atoms with Crippen LogP contribution in [0.25, 0.3) is 0 Å². The number of nitrogens with zero attached hydrogens (tertiary/aromatic N) is 1. The minimum absolute atomic E-state index is 0.0538. The first kappa shape index (κ1) is 8.35. The van der Waals surface area contributed by atoms with E-state index in [9.17, 15) is 8.78 Å². The maximum Gasteiger partial charge on any atom is 0.280 e. The van der Waals surface area contributed by atoms with Crippen LogP contribution in [0.1, 0.15) is 11.1 Å². The molecule has 0 atom stereocenters. The number of hydrogen-bond donors (Lipinski definition) is 0. The van der Waals surface area contributed by atoms with Crippen molar-refractivity contribution in [1.82, 2.24) is 0 Å². The summed E-state index contributed by atoms with van der Waals surface area (Å²) >= 11 is 0. The molecule has 1 aromatic carbocycles. The van der Waals surface area contributed by atoms with Crippen LogP contribution in [-0.4, -0.2) is 18.7 Å². The van der Waals surface area contributed by atoms with Crippen LogP contribution in [0.3, 0.4) is 0 Å². The molecule has 0 aromatic heterocycles. The monoisotopic (exact) mass is 181 g/mol. The highest BCUT2D eigenvalue weighted by Crippen LogP contribution is 2.19. The second-order valence-electron chi connectivity index (χ2n) is 2.97. The molecule has 13 heavy (non-hydrogen) atoms. The van der Waals surface area contributed by atoms with E-state index < -0.39 is 6.43 Å². The molecule has 0 amide bonds. The van der Waals surface area contributed by atoms with E-state index in [-0.39, 0.29) is 5.71 Å². The number of benzene rings is 1. The fourth-order valence-electron chi connectivity index (χ4n) is 1.56. The molecule has 0 bridgehead atoms. The second-order valence-corrected chi connectivity index (χ2v) is 2.97. The van der Waals surface area contributed by atoms with Crippen LogP contribution >= 0.6 is 0 Å². The van der Waals surface area contributed by atoms with Gasteiger partial charge in [0.15, 0.2) is 0 Å². The largest absolute Gasteiger partial charge is 0.283 e. The van der Waals surface area contributed by atoms with Gasteiger partial charge in [-0.2, -0.15) is 0 Å². The Balaban J connectivity index is 2.47. The highest BCUT2D eigenvalue weighted by molar-refractivity contribution is 6.04. The SMILES string of the molecule is FC(F)C1=NCCc2ccccc21. The Morgan fingerprint density at radius 2 is 2.00 bits per heavy atom. The zero-order valence-electron chi connectivity index (χ0n) is 7.00. The van der Waals surface area contributed by atoms with Gasteiger partial charge in [-0.05, 0) is 12.0 Å². The third-order valence-corrected chi connectivity index (χ3v) is 2.16. The molecule has 1 aromatic rings. The zero-order valence-corrected chi connectivity index (χ0v) is 7.00. The summed E-state index contributed by atoms with van der Waals surface area (Å²) < 4.78 is 24.9. The molecule has 0 fully saturated rings. The zero-order chi connectivity index (χ0) is 9.26. The van der Waals surface area contributed by atoms with Crippen molar-refractivity contribution in [2.24, 2.45) is 4.99 Å². The lowest BCUT2D eigenvalue weighted by atomic mass is 9.98. The van der Waals surface area contributed by atoms with Crippen LogP contribution in [0.2, 0.25) is 0 Å². The topological polar surface area (TPSA) is 12.4 Å². The van der Waals surface area contributed by atoms with Gasteiger partial charge in [-0.15, -0.1) is 0 Å². The van der Waals surface area contributed by atoms with Gasteiger partial charge in [0.2, 0.25) is 0 Å². The van der Waals surface area contributed by atoms with Gasteiger partial charge < -0.3 is 0 Å². The summed E-state index contributed by atoms with van der Waals surface area (Å²) in [6.45, 7) is 0.483. The number of hydrogen-bond acceptors (Lipinski definition) is 1. The summed E-state index contributed by atoms with van der Waals surface area (Å²) in [4.78, 5) is 3.84. The summed E-state index contributed by atoms with van der Waals surface area (Å²) in [5.74, 6) is 0. The highest BCUT2D eigenvalue weighted by Gasteiger charge is 2.20. The van der Waals surface area contributed by atoms with E-state index in [1.54, 1.807) is 12.1 Å². The molecule has 2 rings (SSSR count). The molecule has 1 nitrogen and oxygen atoms in total. The summed E-state index contributed by atoms with van der Waals surface area (Å²) in [7, 11) is 0. The van der Waals surface area contributed by atoms with Crippen LogP contribution in [0.4, 0.5) is 8.78 Å². The van der Waals surface area contributed by atoms with Gasteiger partial charge in [-0.25, -0.2) is 8.78 Å². The maximum absolute atomic E-state index is 12.5. The van der Waals surface area contributed by atoms with E-state index in [2.05, 4.69) is 4.99 Å². The summed E-state index contributed by atoms with van der Waals surface area (Å²) in [6.07, 6.45) is -1.69. The minimum Gasteiger partial charge on any atom is -0.283 e. The summed E-state index contributed by atoms with van der Waals surface area (Å²) in [5.41, 5.74) is 1.54. The predicted molar refractivity (Wildman–Crippen MR) is 47.6 cm³/mol. The average molecular weight is 181 g/mol. The number of alkyl halides is 2. The average Bonchev–Trinajstić information content (AvgIpc) is 2.17. The highest BCUT2D eigenvalue weighted by atomic mass is 19.3. The lowest BCUT2D eigenvalue weighted by Crippen LogP contribution is -2.19. The molecule has 0 N–H and O–H groups in total. The van der Waals surface area contributed by atoms with Crippen molar-refractivity contribution in [2.75, 3.05) is 6.54 Å². The molecule has 0 radical (unpaired) electrons. The van der Waals surface area contributed by atoms with Crippen molar-refractivity contribution >= 4 is 5.71 Å². The molecule has 1 aliphatic rings. The first-order valence-electron chi connectivity index (χ1n) is 4.20. The van der Waals surface area contributed by atoms with Crippen molar-refractivity contribution in [3.05, 3.63) is 35.4 Å². The number of fused-ring (bicyclic) bond motifs is 1. The van der Waals surface area contributed by atoms with Crippen molar-refractivity contribution in [1.29, 1.82) is 0 Å². The molecular weight excluding hydrogens is 172 g/mol. The van der Waals surface area contributed by atoms with Gasteiger partial charge in [0.25, 0.3) is 6.43 Å². The smallest absolute Gasteiger partial charge is 0.280 e. The van der Waals surface area contributed by atoms with E-state index in [1.165, 1.54) is 0 Å². The first-order valence-corrected chi connectivity index (χ1v) is 4.20. The van der Waals surface area contributed by atoms with Gasteiger partial charge in [-0.3, -0.25) is 4.99 Å². The van der Waals surface area contributed by atoms with Crippen molar-refractivity contribution in [3.63, 3.8) is 0 Å². The second kappa shape index (κ2) is 3.24. The van der Waals surface area contributed by atoms with E-state index >= 15 is 0 Å². The quantitative estimate of drug-likeness (QED) is 0.630. The van der Waals surface area contributed by atoms with Crippen molar-refractivity contribution < 1.29 is 8.78 Å². The van der Waals surface area contributed by atoms with E-state index in [0.29, 0.717) is 12.1 Å². The summed E-state index contributed by atoms with van der Waals surface area (Å²) in [6, 6.07) is 7.22. The lowest BCUT2D eigenvalue weighted by Gasteiger charge is -2.15. The van der Waals surface area contributed by atoms with Gasteiger partial charge in [0.1, 0.15) is 5.71 Å². The Hall–Kier alpha value is -1.25. The summed E-state index contributed by atoms with van der Waals surface area (Å²) in [5, 5.41) is 0. The minimum atomic E-state index is -2.46. The van der Waals surface area contributed by atoms with Crippen LogP contribution in [0, 0.1) is 0 Å². The third kappa shape index (κ3) is 1.46. The third-order valence-electron chi connectivity index (χ3n) is 2.16. The molecule has 3 heteroatoms. The van der Waals surface area contributed by atoms with E-state index in [4.69, 9.17) is 0 Å². The fraction of sp³-hybridized carbons (Fsp3) is 0.300. The van der Waals surface area contributed by atoms with Gasteiger partial charge in [0, 0.05) is 12.1 Å². The Bertz CT molecular complexity index is 345. The Morgan fingerprint density at radius 3 is 2.77 bits per heavy atom. The molecule has 0 saturated carbocycles. The van der Waals surface area contributed by atoms with Crippen molar-refractivity contribution in [2.45, 2.75) is 12.8 Å². The fourth-order valence-corrected chi connectivity index (χ4v) is 1.56. The molecular formula is C10H9F2N. The van der Waals surface area contributed by atoms with E-state index in [1.807, 2.05) is 12.1 Å². The molecule has 0 unspecified atom stereocenters. The molecule has 1 heterocycles. The van der Waals surface area contributed by atoms with Crippen LogP contribution in [0.15, 0.2) is 29.3 Å². The maximum atomic E-state index is 12.5. The van der Waals surface area contributed by atoms with Crippen LogP contribution in [0.5, 0.6) is 0 Å². The molecule has 0 aliphatic carbocycles. The standard InChI is InChI=1S/C10H9F2N/c11-10(12)9-8-4-2-1-3-7(8)5-6-13-9/h1-4,10H,5-6H2. The predicted octanol–water partition coefficient (Wildman–Crippen LogP) is 2.30. The van der Waals surface area contributed by atoms with Gasteiger partial charge >= 0.3 is 0 Å². The number of aliphatic imine (C=N–C) groups is 1. The first-order chi connectivity index (χ1) is 6.29. The van der Waals surface area contributed by atoms with E-state index in [0.717, 1.165) is 12.0 Å². The van der Waals surface area contributed by atoms with Crippen LogP contribution < -0.4 is 0 Å².